The number of carbonyl (C=O) groups is 2. The van der Waals surface area contributed by atoms with E-state index in [0.29, 0.717) is 13.2 Å². The van der Waals surface area contributed by atoms with Crippen LogP contribution in [0.4, 0.5) is 11.4 Å². The van der Waals surface area contributed by atoms with E-state index in [-0.39, 0.29) is 24.7 Å². The zero-order valence-corrected chi connectivity index (χ0v) is 20.6. The molecule has 6 nitrogen and oxygen atoms in total. The first-order valence-electron chi connectivity index (χ1n) is 12.3. The number of anilines is 2. The third-order valence-corrected chi connectivity index (χ3v) is 5.57. The third-order valence-electron chi connectivity index (χ3n) is 5.57. The number of nitrogens with one attached hydrogen (secondary N) is 2. The Hall–Kier alpha value is -4.58. The second-order valence-corrected chi connectivity index (χ2v) is 8.49. The van der Waals surface area contributed by atoms with E-state index >= 15 is 0 Å². The van der Waals surface area contributed by atoms with Gasteiger partial charge in [-0.05, 0) is 66.1 Å². The Morgan fingerprint density at radius 3 is 1.27 bits per heavy atom. The molecule has 0 aromatic heterocycles. The quantitative estimate of drug-likeness (QED) is 0.250. The number of para-hydroxylation sites is 2. The lowest BCUT2D eigenvalue weighted by Gasteiger charge is -2.09. The highest BCUT2D eigenvalue weighted by molar-refractivity contribution is 5.91. The number of amides is 2. The van der Waals surface area contributed by atoms with Gasteiger partial charge in [-0.25, -0.2) is 0 Å². The summed E-state index contributed by atoms with van der Waals surface area (Å²) in [5, 5.41) is 5.80. The summed E-state index contributed by atoms with van der Waals surface area (Å²) in [7, 11) is 0. The predicted molar refractivity (Wildman–Crippen MR) is 146 cm³/mol. The molecular formula is C31H30N2O4. The molecule has 2 amide bonds. The van der Waals surface area contributed by atoms with Crippen LogP contribution in [0.3, 0.4) is 0 Å². The molecule has 0 aliphatic rings. The molecule has 0 heterocycles. The molecule has 4 aromatic rings. The average Bonchev–Trinajstić information content (AvgIpc) is 2.92. The first-order chi connectivity index (χ1) is 18.1. The van der Waals surface area contributed by atoms with E-state index in [9.17, 15) is 9.59 Å². The Morgan fingerprint density at radius 2 is 0.892 bits per heavy atom. The molecule has 4 aromatic carbocycles. The number of hydrogen-bond donors (Lipinski definition) is 2. The van der Waals surface area contributed by atoms with Crippen LogP contribution in [-0.2, 0) is 16.0 Å². The summed E-state index contributed by atoms with van der Waals surface area (Å²) >= 11 is 0. The van der Waals surface area contributed by atoms with Gasteiger partial charge in [0, 0.05) is 11.4 Å². The van der Waals surface area contributed by atoms with E-state index in [1.807, 2.05) is 109 Å². The Labute approximate surface area is 217 Å². The molecule has 0 aliphatic carbocycles. The maximum absolute atomic E-state index is 12.2. The average molecular weight is 495 g/mol. The van der Waals surface area contributed by atoms with Crippen LogP contribution in [0.15, 0.2) is 109 Å². The number of rotatable bonds is 12. The summed E-state index contributed by atoms with van der Waals surface area (Å²) in [6.45, 7) is 0.650. The lowest BCUT2D eigenvalue weighted by molar-refractivity contribution is -0.117. The number of ether oxygens (including phenoxy) is 2. The zero-order chi connectivity index (χ0) is 25.7. The Kier molecular flexibility index (Phi) is 9.30. The van der Waals surface area contributed by atoms with E-state index in [1.165, 1.54) is 0 Å². The van der Waals surface area contributed by atoms with Crippen LogP contribution in [0, 0.1) is 0 Å². The highest BCUT2D eigenvalue weighted by atomic mass is 16.5. The SMILES string of the molecule is O=C(CCOc1ccccc1)Nc1ccc(Cc2ccc(NC(=O)CCOc3ccccc3)cc2)cc1. The van der Waals surface area contributed by atoms with Gasteiger partial charge in [-0.1, -0.05) is 60.7 Å². The largest absolute Gasteiger partial charge is 0.493 e. The molecular weight excluding hydrogens is 464 g/mol. The van der Waals surface area contributed by atoms with Crippen LogP contribution in [0.1, 0.15) is 24.0 Å². The summed E-state index contributed by atoms with van der Waals surface area (Å²) in [6, 6.07) is 34.5. The molecule has 37 heavy (non-hydrogen) atoms. The van der Waals surface area contributed by atoms with Crippen LogP contribution in [0.5, 0.6) is 11.5 Å². The lowest BCUT2D eigenvalue weighted by atomic mass is 10.0. The van der Waals surface area contributed by atoms with Gasteiger partial charge >= 0.3 is 0 Å². The minimum absolute atomic E-state index is 0.0899. The van der Waals surface area contributed by atoms with E-state index in [0.717, 1.165) is 40.4 Å². The van der Waals surface area contributed by atoms with E-state index < -0.39 is 0 Å². The van der Waals surface area contributed by atoms with Gasteiger partial charge in [0.1, 0.15) is 11.5 Å². The predicted octanol–water partition coefficient (Wildman–Crippen LogP) is 6.09. The minimum Gasteiger partial charge on any atom is -0.493 e. The summed E-state index contributed by atoms with van der Waals surface area (Å²) in [5.41, 5.74) is 3.76. The zero-order valence-electron chi connectivity index (χ0n) is 20.6. The van der Waals surface area contributed by atoms with Crippen molar-refractivity contribution in [1.29, 1.82) is 0 Å². The highest BCUT2D eigenvalue weighted by Crippen LogP contribution is 2.17. The van der Waals surface area contributed by atoms with Crippen LogP contribution < -0.4 is 20.1 Å². The van der Waals surface area contributed by atoms with Gasteiger partial charge in [0.05, 0.1) is 26.1 Å². The van der Waals surface area contributed by atoms with Crippen molar-refractivity contribution < 1.29 is 19.1 Å². The second kappa shape index (κ2) is 13.5. The van der Waals surface area contributed by atoms with Crippen molar-refractivity contribution in [2.45, 2.75) is 19.3 Å². The smallest absolute Gasteiger partial charge is 0.227 e. The van der Waals surface area contributed by atoms with Gasteiger partial charge < -0.3 is 20.1 Å². The fraction of sp³-hybridized carbons (Fsp3) is 0.161. The van der Waals surface area contributed by atoms with Gasteiger partial charge in [0.15, 0.2) is 0 Å². The summed E-state index contributed by atoms with van der Waals surface area (Å²) in [5.74, 6) is 1.33. The summed E-state index contributed by atoms with van der Waals surface area (Å²) in [6.07, 6.45) is 1.30. The molecule has 0 saturated heterocycles. The topological polar surface area (TPSA) is 76.7 Å². The molecule has 188 valence electrons. The molecule has 0 atom stereocenters. The molecule has 0 aliphatic heterocycles. The fourth-order valence-corrected chi connectivity index (χ4v) is 3.65. The molecule has 4 rings (SSSR count). The normalized spacial score (nSPS) is 10.4. The lowest BCUT2D eigenvalue weighted by Crippen LogP contribution is -2.15. The molecule has 0 saturated carbocycles. The van der Waals surface area contributed by atoms with E-state index in [1.54, 1.807) is 0 Å². The Bertz CT molecular complexity index is 1160. The van der Waals surface area contributed by atoms with Crippen molar-refractivity contribution >= 4 is 23.2 Å². The molecule has 0 bridgehead atoms. The van der Waals surface area contributed by atoms with Crippen molar-refractivity contribution in [2.75, 3.05) is 23.8 Å². The minimum atomic E-state index is -0.0899. The third kappa shape index (κ3) is 8.85. The van der Waals surface area contributed by atoms with Gasteiger partial charge in [0.2, 0.25) is 11.8 Å². The molecule has 6 heteroatoms. The van der Waals surface area contributed by atoms with Crippen molar-refractivity contribution in [1.82, 2.24) is 0 Å². The molecule has 0 fully saturated rings. The van der Waals surface area contributed by atoms with Gasteiger partial charge in [-0.15, -0.1) is 0 Å². The van der Waals surface area contributed by atoms with Crippen LogP contribution in [0.2, 0.25) is 0 Å². The van der Waals surface area contributed by atoms with Gasteiger partial charge in [-0.2, -0.15) is 0 Å². The highest BCUT2D eigenvalue weighted by Gasteiger charge is 2.06. The Balaban J connectivity index is 1.17. The first kappa shape index (κ1) is 25.5. The number of carbonyl (C=O) groups excluding carboxylic acids is 2. The Morgan fingerprint density at radius 1 is 0.514 bits per heavy atom. The standard InChI is InChI=1S/C31H30N2O4/c34-30(19-21-36-28-7-3-1-4-8-28)32-26-15-11-24(12-16-26)23-25-13-17-27(18-14-25)33-31(35)20-22-37-29-9-5-2-6-10-29/h1-18H,19-23H2,(H,32,34)(H,33,35). The molecule has 2 N–H and O–H groups in total. The summed E-state index contributed by atoms with van der Waals surface area (Å²) in [4.78, 5) is 24.4. The van der Waals surface area contributed by atoms with Crippen molar-refractivity contribution in [3.05, 3.63) is 120 Å². The van der Waals surface area contributed by atoms with Crippen LogP contribution in [-0.4, -0.2) is 25.0 Å². The van der Waals surface area contributed by atoms with Crippen molar-refractivity contribution in [3.8, 4) is 11.5 Å². The maximum Gasteiger partial charge on any atom is 0.227 e. The van der Waals surface area contributed by atoms with Crippen molar-refractivity contribution in [3.63, 3.8) is 0 Å². The monoisotopic (exact) mass is 494 g/mol. The van der Waals surface area contributed by atoms with Crippen molar-refractivity contribution in [2.24, 2.45) is 0 Å². The van der Waals surface area contributed by atoms with Gasteiger partial charge in [-0.3, -0.25) is 9.59 Å². The first-order valence-corrected chi connectivity index (χ1v) is 12.3. The van der Waals surface area contributed by atoms with E-state index in [4.69, 9.17) is 9.47 Å². The van der Waals surface area contributed by atoms with Crippen LogP contribution in [0.25, 0.3) is 0 Å². The number of benzene rings is 4. The molecule has 0 radical (unpaired) electrons. The van der Waals surface area contributed by atoms with Gasteiger partial charge in [0.25, 0.3) is 0 Å². The molecule has 0 unspecified atom stereocenters. The second-order valence-electron chi connectivity index (χ2n) is 8.49. The fourth-order valence-electron chi connectivity index (χ4n) is 3.65. The number of hydrogen-bond acceptors (Lipinski definition) is 4. The maximum atomic E-state index is 12.2. The van der Waals surface area contributed by atoms with Crippen LogP contribution >= 0.6 is 0 Å². The molecule has 0 spiro atoms. The van der Waals surface area contributed by atoms with E-state index in [2.05, 4.69) is 10.6 Å². The summed E-state index contributed by atoms with van der Waals surface area (Å²) < 4.78 is 11.1.